The van der Waals surface area contributed by atoms with E-state index in [9.17, 15) is 29.3 Å². The Morgan fingerprint density at radius 2 is 1.71 bits per heavy atom. The predicted octanol–water partition coefficient (Wildman–Crippen LogP) is 5.96. The number of imide groups is 1. The van der Waals surface area contributed by atoms with Gasteiger partial charge in [-0.3, -0.25) is 34.2 Å². The van der Waals surface area contributed by atoms with E-state index in [2.05, 4.69) is 20.8 Å². The number of ether oxygens (including phenoxy) is 1. The molecule has 2 amide bonds. The molecule has 1 aromatic heterocycles. The van der Waals surface area contributed by atoms with Crippen LogP contribution in [-0.2, 0) is 10.2 Å². The number of benzene rings is 3. The van der Waals surface area contributed by atoms with Crippen LogP contribution in [-0.4, -0.2) is 34.2 Å². The van der Waals surface area contributed by atoms with E-state index < -0.39 is 33.8 Å². The van der Waals surface area contributed by atoms with E-state index >= 15 is 0 Å². The minimum Gasteiger partial charge on any atom is -0.452 e. The molecule has 0 N–H and O–H groups in total. The first-order valence-corrected chi connectivity index (χ1v) is 13.4. The molecule has 0 atom stereocenters. The van der Waals surface area contributed by atoms with Crippen LogP contribution in [0.25, 0.3) is 22.3 Å². The molecule has 5 rings (SSSR count). The second-order valence-corrected chi connectivity index (χ2v) is 11.2. The van der Waals surface area contributed by atoms with Crippen LogP contribution in [0.3, 0.4) is 0 Å². The fraction of sp³-hybridized carbons (Fsp3) is 0.250. The van der Waals surface area contributed by atoms with E-state index in [1.807, 2.05) is 25.1 Å². The molecule has 10 heteroatoms. The zero-order valence-corrected chi connectivity index (χ0v) is 23.6. The van der Waals surface area contributed by atoms with Crippen molar-refractivity contribution in [1.82, 2.24) is 4.90 Å². The average molecular weight is 569 g/mol. The lowest BCUT2D eigenvalue weighted by molar-refractivity contribution is -0.385. The third-order valence-electron chi connectivity index (χ3n) is 7.17. The van der Waals surface area contributed by atoms with Gasteiger partial charge in [0.05, 0.1) is 15.9 Å². The van der Waals surface area contributed by atoms with Crippen LogP contribution >= 0.6 is 0 Å². The third kappa shape index (κ3) is 5.18. The second-order valence-electron chi connectivity index (χ2n) is 11.2. The highest BCUT2D eigenvalue weighted by molar-refractivity contribution is 6.23. The molecule has 1 aliphatic heterocycles. The maximum absolute atomic E-state index is 13.5. The third-order valence-corrected chi connectivity index (χ3v) is 7.17. The van der Waals surface area contributed by atoms with Gasteiger partial charge in [0, 0.05) is 24.6 Å². The SMILES string of the molecule is Cc1ccc2oc(-c3ccc(C(C)(C)C)cc3)c(OC(=O)CCCN3C(=O)c4cccc([N+](=O)[O-])c4C3=O)c(=O)c2c1. The quantitative estimate of drug-likeness (QED) is 0.115. The summed E-state index contributed by atoms with van der Waals surface area (Å²) in [7, 11) is 0. The molecule has 0 aliphatic carbocycles. The Morgan fingerprint density at radius 3 is 2.38 bits per heavy atom. The van der Waals surface area contributed by atoms with E-state index in [4.69, 9.17) is 9.15 Å². The summed E-state index contributed by atoms with van der Waals surface area (Å²) in [5, 5.41) is 11.6. The van der Waals surface area contributed by atoms with Crippen LogP contribution in [0.4, 0.5) is 5.69 Å². The highest BCUT2D eigenvalue weighted by Gasteiger charge is 2.40. The van der Waals surface area contributed by atoms with E-state index in [0.29, 0.717) is 11.1 Å². The fourth-order valence-electron chi connectivity index (χ4n) is 4.91. The molecule has 0 unspecified atom stereocenters. The first kappa shape index (κ1) is 28.4. The second kappa shape index (κ2) is 10.7. The Hall–Kier alpha value is -5.12. The van der Waals surface area contributed by atoms with Crippen LogP contribution in [0, 0.1) is 17.0 Å². The molecule has 42 heavy (non-hydrogen) atoms. The monoisotopic (exact) mass is 568 g/mol. The van der Waals surface area contributed by atoms with Crippen molar-refractivity contribution in [3.63, 3.8) is 0 Å². The molecule has 1 aliphatic rings. The number of nitro groups is 1. The zero-order valence-electron chi connectivity index (χ0n) is 23.6. The molecule has 4 aromatic rings. The van der Waals surface area contributed by atoms with Gasteiger partial charge in [-0.15, -0.1) is 0 Å². The standard InChI is InChI=1S/C32H28N2O8/c1-18-10-15-24-22(17-18)27(36)29(28(41-24)19-11-13-20(14-12-19)32(2,3)4)42-25(35)9-6-16-33-30(37)21-7-5-8-23(34(39)40)26(21)31(33)38/h5,7-8,10-15,17H,6,9,16H2,1-4H3. The molecular formula is C32H28N2O8. The van der Waals surface area contributed by atoms with Gasteiger partial charge in [-0.25, -0.2) is 0 Å². The Kier molecular flexibility index (Phi) is 7.24. The Bertz CT molecular complexity index is 1830. The summed E-state index contributed by atoms with van der Waals surface area (Å²) in [5.74, 6) is -2.36. The van der Waals surface area contributed by atoms with E-state index in [1.165, 1.54) is 12.1 Å². The molecule has 3 aromatic carbocycles. The number of hydrogen-bond donors (Lipinski definition) is 0. The Morgan fingerprint density at radius 1 is 1.00 bits per heavy atom. The van der Waals surface area contributed by atoms with Crippen LogP contribution in [0.1, 0.15) is 65.5 Å². The molecule has 0 saturated carbocycles. The smallest absolute Gasteiger partial charge is 0.311 e. The van der Waals surface area contributed by atoms with Crippen molar-refractivity contribution in [1.29, 1.82) is 0 Å². The topological polar surface area (TPSA) is 137 Å². The lowest BCUT2D eigenvalue weighted by Crippen LogP contribution is -2.31. The van der Waals surface area contributed by atoms with Crippen molar-refractivity contribution in [2.45, 2.75) is 46.0 Å². The zero-order chi connectivity index (χ0) is 30.3. The summed E-state index contributed by atoms with van der Waals surface area (Å²) in [5.41, 5.74) is 1.43. The summed E-state index contributed by atoms with van der Waals surface area (Å²) in [6.45, 7) is 7.91. The number of nitrogens with zero attached hydrogens (tertiary/aromatic N) is 2. The van der Waals surface area contributed by atoms with E-state index in [0.717, 1.165) is 22.1 Å². The van der Waals surface area contributed by atoms with Gasteiger partial charge < -0.3 is 9.15 Å². The number of hydrogen-bond acceptors (Lipinski definition) is 8. The summed E-state index contributed by atoms with van der Waals surface area (Å²) in [6.07, 6.45) is -0.213. The molecule has 10 nitrogen and oxygen atoms in total. The van der Waals surface area contributed by atoms with Gasteiger partial charge in [0.25, 0.3) is 17.5 Å². The predicted molar refractivity (Wildman–Crippen MR) is 155 cm³/mol. The Labute approximate surface area is 240 Å². The maximum Gasteiger partial charge on any atom is 0.311 e. The van der Waals surface area contributed by atoms with Gasteiger partial charge in [-0.05, 0) is 42.5 Å². The van der Waals surface area contributed by atoms with Crippen LogP contribution < -0.4 is 10.2 Å². The first-order chi connectivity index (χ1) is 19.9. The van der Waals surface area contributed by atoms with Crippen LogP contribution in [0.2, 0.25) is 0 Å². The average Bonchev–Trinajstić information content (AvgIpc) is 3.19. The van der Waals surface area contributed by atoms with Gasteiger partial charge in [0.2, 0.25) is 11.2 Å². The molecule has 0 radical (unpaired) electrons. The van der Waals surface area contributed by atoms with E-state index in [-0.39, 0.29) is 52.8 Å². The maximum atomic E-state index is 13.5. The molecule has 0 bridgehead atoms. The summed E-state index contributed by atoms with van der Waals surface area (Å²) in [6, 6.07) is 16.5. The van der Waals surface area contributed by atoms with Gasteiger partial charge in [0.1, 0.15) is 11.1 Å². The van der Waals surface area contributed by atoms with Crippen molar-refractivity contribution in [2.75, 3.05) is 6.54 Å². The van der Waals surface area contributed by atoms with Crippen LogP contribution in [0.5, 0.6) is 5.75 Å². The number of carbonyl (C=O) groups is 3. The number of aryl methyl sites for hydroxylation is 1. The summed E-state index contributed by atoms with van der Waals surface area (Å²) >= 11 is 0. The normalized spacial score (nSPS) is 13.0. The van der Waals surface area contributed by atoms with Gasteiger partial charge in [-0.1, -0.05) is 62.7 Å². The van der Waals surface area contributed by atoms with Crippen molar-refractivity contribution >= 4 is 34.4 Å². The number of esters is 1. The molecule has 0 spiro atoms. The van der Waals surface area contributed by atoms with Gasteiger partial charge >= 0.3 is 5.97 Å². The van der Waals surface area contributed by atoms with Crippen molar-refractivity contribution < 1.29 is 28.5 Å². The minimum atomic E-state index is -0.790. The lowest BCUT2D eigenvalue weighted by atomic mass is 9.86. The number of nitro benzene ring substituents is 1. The van der Waals surface area contributed by atoms with Crippen molar-refractivity contribution in [3.8, 4) is 17.1 Å². The highest BCUT2D eigenvalue weighted by atomic mass is 16.6. The molecular weight excluding hydrogens is 540 g/mol. The Balaban J connectivity index is 1.38. The van der Waals surface area contributed by atoms with Gasteiger partial charge in [0.15, 0.2) is 5.76 Å². The number of rotatable bonds is 7. The largest absolute Gasteiger partial charge is 0.452 e. The van der Waals surface area contributed by atoms with Gasteiger partial charge in [-0.2, -0.15) is 0 Å². The summed E-state index contributed by atoms with van der Waals surface area (Å²) < 4.78 is 11.7. The van der Waals surface area contributed by atoms with Crippen molar-refractivity contribution in [3.05, 3.63) is 103 Å². The number of amides is 2. The fourth-order valence-corrected chi connectivity index (χ4v) is 4.91. The first-order valence-electron chi connectivity index (χ1n) is 13.4. The lowest BCUT2D eigenvalue weighted by Gasteiger charge is -2.19. The van der Waals surface area contributed by atoms with Crippen molar-refractivity contribution in [2.24, 2.45) is 0 Å². The van der Waals surface area contributed by atoms with Crippen LogP contribution in [0.15, 0.2) is 69.9 Å². The highest BCUT2D eigenvalue weighted by Crippen LogP contribution is 2.34. The van der Waals surface area contributed by atoms with E-state index in [1.54, 1.807) is 24.3 Å². The molecule has 214 valence electrons. The number of fused-ring (bicyclic) bond motifs is 2. The molecule has 2 heterocycles. The number of carbonyl (C=O) groups excluding carboxylic acids is 3. The minimum absolute atomic E-state index is 0.0196. The summed E-state index contributed by atoms with van der Waals surface area (Å²) in [4.78, 5) is 63.5. The molecule has 0 fully saturated rings. The molecule has 0 saturated heterocycles.